The second kappa shape index (κ2) is 8.68. The highest BCUT2D eigenvalue weighted by molar-refractivity contribution is 5.75. The molecule has 0 aromatic rings. The highest BCUT2D eigenvalue weighted by Gasteiger charge is 2.08. The van der Waals surface area contributed by atoms with Gasteiger partial charge in [-0.2, -0.15) is 0 Å². The van der Waals surface area contributed by atoms with Crippen molar-refractivity contribution >= 4 is 5.91 Å². The fourth-order valence-electron chi connectivity index (χ4n) is 0.967. The van der Waals surface area contributed by atoms with E-state index in [1.54, 1.807) is 0 Å². The van der Waals surface area contributed by atoms with Crippen LogP contribution in [0.4, 0.5) is 0 Å². The largest absolute Gasteiger partial charge is 0.381 e. The average molecular weight is 216 g/mol. The molecule has 15 heavy (non-hydrogen) atoms. The van der Waals surface area contributed by atoms with Crippen LogP contribution in [0.1, 0.15) is 33.6 Å². The van der Waals surface area contributed by atoms with E-state index >= 15 is 0 Å². The van der Waals surface area contributed by atoms with Crippen LogP contribution in [0.25, 0.3) is 0 Å². The quantitative estimate of drug-likeness (QED) is 0.593. The number of ether oxygens (including phenoxy) is 1. The number of amides is 1. The fraction of sp³-hybridized carbons (Fsp3) is 0.909. The summed E-state index contributed by atoms with van der Waals surface area (Å²) in [4.78, 5) is 11.3. The molecule has 0 aromatic heterocycles. The zero-order valence-electron chi connectivity index (χ0n) is 10.1. The maximum Gasteiger partial charge on any atom is 0.222 e. The Labute approximate surface area is 92.6 Å². The van der Waals surface area contributed by atoms with E-state index < -0.39 is 0 Å². The molecule has 0 heterocycles. The summed E-state index contributed by atoms with van der Waals surface area (Å²) in [5.41, 5.74) is 5.80. The van der Waals surface area contributed by atoms with Crippen molar-refractivity contribution in [3.05, 3.63) is 0 Å². The number of nitrogens with one attached hydrogen (secondary N) is 1. The van der Waals surface area contributed by atoms with Crippen molar-refractivity contribution in [2.24, 2.45) is 11.7 Å². The number of carbonyl (C=O) groups is 1. The van der Waals surface area contributed by atoms with E-state index in [4.69, 9.17) is 10.5 Å². The predicted octanol–water partition coefficient (Wildman–Crippen LogP) is 0.903. The van der Waals surface area contributed by atoms with Gasteiger partial charge in [0.1, 0.15) is 0 Å². The van der Waals surface area contributed by atoms with Crippen LogP contribution < -0.4 is 11.1 Å². The smallest absolute Gasteiger partial charge is 0.222 e. The van der Waals surface area contributed by atoms with Crippen molar-refractivity contribution in [1.82, 2.24) is 5.32 Å². The molecule has 0 spiro atoms. The van der Waals surface area contributed by atoms with Gasteiger partial charge in [0.05, 0.1) is 6.61 Å². The zero-order chi connectivity index (χ0) is 11.7. The second-order valence-corrected chi connectivity index (χ2v) is 4.07. The van der Waals surface area contributed by atoms with Crippen LogP contribution >= 0.6 is 0 Å². The summed E-state index contributed by atoms with van der Waals surface area (Å²) in [5.74, 6) is 0.406. The third-order valence-corrected chi connectivity index (χ3v) is 2.21. The van der Waals surface area contributed by atoms with Crippen LogP contribution in [-0.4, -0.2) is 31.7 Å². The molecule has 4 nitrogen and oxygen atoms in total. The molecule has 0 rings (SSSR count). The molecule has 0 fully saturated rings. The highest BCUT2D eigenvalue weighted by atomic mass is 16.5. The summed E-state index contributed by atoms with van der Waals surface area (Å²) in [6.07, 6.45) is 1.41. The molecule has 1 amide bonds. The maximum absolute atomic E-state index is 11.3. The number of carbonyl (C=O) groups excluding carboxylic acids is 1. The van der Waals surface area contributed by atoms with Gasteiger partial charge in [-0.3, -0.25) is 4.79 Å². The van der Waals surface area contributed by atoms with Crippen LogP contribution in [0.15, 0.2) is 0 Å². The van der Waals surface area contributed by atoms with Gasteiger partial charge in [-0.25, -0.2) is 0 Å². The lowest BCUT2D eigenvalue weighted by Crippen LogP contribution is -2.40. The van der Waals surface area contributed by atoms with Gasteiger partial charge in [0.2, 0.25) is 5.91 Å². The molecule has 0 bridgehead atoms. The summed E-state index contributed by atoms with van der Waals surface area (Å²) in [7, 11) is 0. The number of hydrogen-bond acceptors (Lipinski definition) is 3. The first-order valence-electron chi connectivity index (χ1n) is 5.68. The molecule has 90 valence electrons. The van der Waals surface area contributed by atoms with Gasteiger partial charge in [0.25, 0.3) is 0 Å². The van der Waals surface area contributed by atoms with Crippen molar-refractivity contribution in [2.45, 2.75) is 39.7 Å². The summed E-state index contributed by atoms with van der Waals surface area (Å²) < 4.78 is 5.22. The molecule has 3 N–H and O–H groups in total. The molecule has 0 saturated heterocycles. The van der Waals surface area contributed by atoms with Crippen molar-refractivity contribution in [1.29, 1.82) is 0 Å². The standard InChI is InChI=1S/C11H24N2O2/c1-4-6-15-7-5-11(14)13-8-10(12)9(2)3/h9-10H,4-8,12H2,1-3H3,(H,13,14). The zero-order valence-corrected chi connectivity index (χ0v) is 10.1. The number of nitrogens with two attached hydrogens (primary N) is 1. The minimum Gasteiger partial charge on any atom is -0.381 e. The van der Waals surface area contributed by atoms with E-state index in [1.165, 1.54) is 0 Å². The predicted molar refractivity (Wildman–Crippen MR) is 61.6 cm³/mol. The minimum absolute atomic E-state index is 0.0159. The molecule has 0 aliphatic carbocycles. The Hall–Kier alpha value is -0.610. The lowest BCUT2D eigenvalue weighted by Gasteiger charge is -2.16. The normalized spacial score (nSPS) is 12.9. The van der Waals surface area contributed by atoms with E-state index in [2.05, 4.69) is 5.32 Å². The summed E-state index contributed by atoms with van der Waals surface area (Å²) in [6.45, 7) is 7.89. The van der Waals surface area contributed by atoms with Crippen LogP contribution in [0.5, 0.6) is 0 Å². The molecule has 1 unspecified atom stereocenters. The SMILES string of the molecule is CCCOCCC(=O)NCC(N)C(C)C. The van der Waals surface area contributed by atoms with Gasteiger partial charge in [0, 0.05) is 25.6 Å². The van der Waals surface area contributed by atoms with Gasteiger partial charge in [-0.1, -0.05) is 20.8 Å². The van der Waals surface area contributed by atoms with E-state index in [9.17, 15) is 4.79 Å². The van der Waals surface area contributed by atoms with Gasteiger partial charge in [0.15, 0.2) is 0 Å². The van der Waals surface area contributed by atoms with Crippen LogP contribution in [0, 0.1) is 5.92 Å². The number of rotatable bonds is 8. The number of hydrogen-bond donors (Lipinski definition) is 2. The first-order chi connectivity index (χ1) is 7.07. The Morgan fingerprint density at radius 3 is 2.60 bits per heavy atom. The topological polar surface area (TPSA) is 64.3 Å². The van der Waals surface area contributed by atoms with Crippen LogP contribution in [-0.2, 0) is 9.53 Å². The van der Waals surface area contributed by atoms with Gasteiger partial charge in [-0.05, 0) is 12.3 Å². The van der Waals surface area contributed by atoms with Crippen molar-refractivity contribution in [3.63, 3.8) is 0 Å². The Balaban J connectivity index is 3.41. The molecular weight excluding hydrogens is 192 g/mol. The van der Waals surface area contributed by atoms with Crippen molar-refractivity contribution in [2.75, 3.05) is 19.8 Å². The molecule has 0 radical (unpaired) electrons. The fourth-order valence-corrected chi connectivity index (χ4v) is 0.967. The molecule has 0 aromatic carbocycles. The molecule has 4 heteroatoms. The Morgan fingerprint density at radius 1 is 1.40 bits per heavy atom. The Bertz CT molecular complexity index is 172. The van der Waals surface area contributed by atoms with Gasteiger partial charge in [-0.15, -0.1) is 0 Å². The molecule has 1 atom stereocenters. The third-order valence-electron chi connectivity index (χ3n) is 2.21. The van der Waals surface area contributed by atoms with E-state index in [1.807, 2.05) is 20.8 Å². The molecule has 0 aliphatic rings. The summed E-state index contributed by atoms with van der Waals surface area (Å²) in [5, 5.41) is 2.80. The third kappa shape index (κ3) is 8.39. The van der Waals surface area contributed by atoms with E-state index in [-0.39, 0.29) is 11.9 Å². The monoisotopic (exact) mass is 216 g/mol. The molecular formula is C11H24N2O2. The first kappa shape index (κ1) is 14.4. The molecule has 0 aliphatic heterocycles. The van der Waals surface area contributed by atoms with E-state index in [0.717, 1.165) is 13.0 Å². The molecule has 0 saturated carbocycles. The lowest BCUT2D eigenvalue weighted by molar-refractivity contribution is -0.122. The van der Waals surface area contributed by atoms with Gasteiger partial charge >= 0.3 is 0 Å². The van der Waals surface area contributed by atoms with E-state index in [0.29, 0.717) is 25.5 Å². The maximum atomic E-state index is 11.3. The second-order valence-electron chi connectivity index (χ2n) is 4.07. The van der Waals surface area contributed by atoms with Gasteiger partial charge < -0.3 is 15.8 Å². The summed E-state index contributed by atoms with van der Waals surface area (Å²) in [6, 6.07) is 0.0329. The Morgan fingerprint density at radius 2 is 2.07 bits per heavy atom. The first-order valence-corrected chi connectivity index (χ1v) is 5.68. The minimum atomic E-state index is 0.0159. The van der Waals surface area contributed by atoms with Crippen LogP contribution in [0.2, 0.25) is 0 Å². The van der Waals surface area contributed by atoms with Crippen LogP contribution in [0.3, 0.4) is 0 Å². The van der Waals surface area contributed by atoms with Crippen molar-refractivity contribution < 1.29 is 9.53 Å². The average Bonchev–Trinajstić information content (AvgIpc) is 2.20. The highest BCUT2D eigenvalue weighted by Crippen LogP contribution is 1.96. The summed E-state index contributed by atoms with van der Waals surface area (Å²) >= 11 is 0. The lowest BCUT2D eigenvalue weighted by atomic mass is 10.1. The van der Waals surface area contributed by atoms with Crippen molar-refractivity contribution in [3.8, 4) is 0 Å². The Kier molecular flexibility index (Phi) is 8.33.